The van der Waals surface area contributed by atoms with Crippen molar-refractivity contribution >= 4 is 21.5 Å². The van der Waals surface area contributed by atoms with Crippen LogP contribution in [0.4, 0.5) is 0 Å². The van der Waals surface area contributed by atoms with Crippen molar-refractivity contribution in [2.75, 3.05) is 13.2 Å². The topological polar surface area (TPSA) is 84.9 Å². The zero-order valence-electron chi connectivity index (χ0n) is 12.6. The molecule has 23 heavy (non-hydrogen) atoms. The molecule has 2 aromatic rings. The zero-order chi connectivity index (χ0) is 15.7. The molecule has 118 valence electrons. The molecule has 0 N–H and O–H groups in total. The third-order valence-corrected chi connectivity index (χ3v) is 4.86. The fraction of sp³-hybridized carbons (Fsp3) is 0.286. The van der Waals surface area contributed by atoms with Gasteiger partial charge in [0.1, 0.15) is 29.1 Å². The monoisotopic (exact) mass is 380 g/mol. The molecule has 6 nitrogen and oxygen atoms in total. The SMILES string of the molecule is Cc1cc(OCC2COc3cscc3O2)ccc1S(=O)(=O)[O-].[K+]. The minimum atomic E-state index is -4.46. The first-order chi connectivity index (χ1) is 10.4. The van der Waals surface area contributed by atoms with Crippen molar-refractivity contribution in [1.29, 1.82) is 0 Å². The smallest absolute Gasteiger partial charge is 0.744 e. The second kappa shape index (κ2) is 7.83. The summed E-state index contributed by atoms with van der Waals surface area (Å²) in [5.41, 5.74) is 0.355. The van der Waals surface area contributed by atoms with Crippen molar-refractivity contribution in [2.45, 2.75) is 17.9 Å². The molecular formula is C14H13KO6S2. The molecule has 0 amide bonds. The molecule has 0 saturated heterocycles. The molecule has 1 aromatic heterocycles. The average Bonchev–Trinajstić information content (AvgIpc) is 2.91. The summed E-state index contributed by atoms with van der Waals surface area (Å²) in [5.74, 6) is 1.92. The number of thiophene rings is 1. The van der Waals surface area contributed by atoms with E-state index in [0.717, 1.165) is 5.75 Å². The molecule has 1 atom stereocenters. The minimum Gasteiger partial charge on any atom is -0.744 e. The number of fused-ring (bicyclic) bond motifs is 1. The van der Waals surface area contributed by atoms with E-state index >= 15 is 0 Å². The van der Waals surface area contributed by atoms with Crippen LogP contribution in [0.3, 0.4) is 0 Å². The summed E-state index contributed by atoms with van der Waals surface area (Å²) >= 11 is 1.50. The van der Waals surface area contributed by atoms with Crippen molar-refractivity contribution in [2.24, 2.45) is 0 Å². The molecule has 0 saturated carbocycles. The van der Waals surface area contributed by atoms with Crippen LogP contribution in [0.15, 0.2) is 33.9 Å². The van der Waals surface area contributed by atoms with Gasteiger partial charge in [0, 0.05) is 10.8 Å². The summed E-state index contributed by atoms with van der Waals surface area (Å²) < 4.78 is 49.9. The van der Waals surface area contributed by atoms with E-state index in [1.54, 1.807) is 6.92 Å². The third kappa shape index (κ3) is 4.70. The quantitative estimate of drug-likeness (QED) is 0.509. The maximum absolute atomic E-state index is 11.0. The Kier molecular flexibility index (Phi) is 6.54. The summed E-state index contributed by atoms with van der Waals surface area (Å²) in [7, 11) is -4.46. The van der Waals surface area contributed by atoms with E-state index in [1.807, 2.05) is 10.8 Å². The largest absolute Gasteiger partial charge is 1.00 e. The van der Waals surface area contributed by atoms with E-state index < -0.39 is 10.1 Å². The van der Waals surface area contributed by atoms with Gasteiger partial charge in [-0.15, -0.1) is 11.3 Å². The molecule has 1 aliphatic heterocycles. The van der Waals surface area contributed by atoms with Crippen molar-refractivity contribution in [3.63, 3.8) is 0 Å². The second-order valence-corrected chi connectivity index (χ2v) is 6.94. The van der Waals surface area contributed by atoms with Gasteiger partial charge in [0.05, 0.1) is 4.90 Å². The first kappa shape index (κ1) is 19.2. The summed E-state index contributed by atoms with van der Waals surface area (Å²) in [6, 6.07) is 4.23. The molecule has 9 heteroatoms. The van der Waals surface area contributed by atoms with Gasteiger partial charge in [-0.3, -0.25) is 0 Å². The maximum Gasteiger partial charge on any atom is 1.00 e. The molecular weight excluding hydrogens is 367 g/mol. The molecule has 0 aliphatic carbocycles. The Hall–Kier alpha value is -0.134. The number of hydrogen-bond donors (Lipinski definition) is 0. The van der Waals surface area contributed by atoms with Crippen LogP contribution < -0.4 is 65.6 Å². The molecule has 0 bridgehead atoms. The van der Waals surface area contributed by atoms with Gasteiger partial charge in [-0.05, 0) is 30.7 Å². The van der Waals surface area contributed by atoms with Crippen LogP contribution in [0, 0.1) is 6.92 Å². The van der Waals surface area contributed by atoms with Crippen LogP contribution in [0.1, 0.15) is 5.56 Å². The number of ether oxygens (including phenoxy) is 3. The number of rotatable bonds is 4. The van der Waals surface area contributed by atoms with Crippen molar-refractivity contribution < 1.29 is 78.6 Å². The van der Waals surface area contributed by atoms with E-state index in [9.17, 15) is 13.0 Å². The van der Waals surface area contributed by atoms with Gasteiger partial charge in [0.25, 0.3) is 0 Å². The predicted molar refractivity (Wildman–Crippen MR) is 78.9 cm³/mol. The Balaban J connectivity index is 0.00000192. The Labute approximate surface area is 180 Å². The molecule has 0 spiro atoms. The molecule has 2 heterocycles. The van der Waals surface area contributed by atoms with Gasteiger partial charge in [-0.25, -0.2) is 8.42 Å². The Morgan fingerprint density at radius 2 is 2.09 bits per heavy atom. The van der Waals surface area contributed by atoms with E-state index in [1.165, 1.54) is 29.5 Å². The predicted octanol–water partition coefficient (Wildman–Crippen LogP) is -0.817. The van der Waals surface area contributed by atoms with E-state index in [2.05, 4.69) is 0 Å². The normalized spacial score (nSPS) is 16.5. The van der Waals surface area contributed by atoms with Gasteiger partial charge in [-0.1, -0.05) is 0 Å². The third-order valence-electron chi connectivity index (χ3n) is 3.16. The minimum absolute atomic E-state index is 0. The van der Waals surface area contributed by atoms with Gasteiger partial charge in [-0.2, -0.15) is 0 Å². The van der Waals surface area contributed by atoms with E-state index in [0.29, 0.717) is 23.7 Å². The molecule has 0 fully saturated rings. The fourth-order valence-corrected chi connectivity index (χ4v) is 3.48. The van der Waals surface area contributed by atoms with Crippen LogP contribution in [-0.4, -0.2) is 32.3 Å². The van der Waals surface area contributed by atoms with Crippen molar-refractivity contribution in [3.05, 3.63) is 34.5 Å². The number of benzene rings is 1. The Morgan fingerprint density at radius 1 is 1.35 bits per heavy atom. The van der Waals surface area contributed by atoms with Crippen LogP contribution >= 0.6 is 11.3 Å². The number of aryl methyl sites for hydroxylation is 1. The molecule has 1 aliphatic rings. The van der Waals surface area contributed by atoms with E-state index in [4.69, 9.17) is 14.2 Å². The summed E-state index contributed by atoms with van der Waals surface area (Å²) in [6.07, 6.45) is -0.245. The van der Waals surface area contributed by atoms with Gasteiger partial charge >= 0.3 is 51.4 Å². The van der Waals surface area contributed by atoms with Gasteiger partial charge in [0.2, 0.25) is 0 Å². The summed E-state index contributed by atoms with van der Waals surface area (Å²) in [6.45, 7) is 2.20. The van der Waals surface area contributed by atoms with Crippen LogP contribution in [0.2, 0.25) is 0 Å². The first-order valence-electron chi connectivity index (χ1n) is 6.48. The maximum atomic E-state index is 11.0. The average molecular weight is 380 g/mol. The van der Waals surface area contributed by atoms with Gasteiger partial charge < -0.3 is 18.8 Å². The van der Waals surface area contributed by atoms with Crippen LogP contribution in [-0.2, 0) is 10.1 Å². The first-order valence-corrected chi connectivity index (χ1v) is 8.83. The van der Waals surface area contributed by atoms with Crippen molar-refractivity contribution in [3.8, 4) is 17.2 Å². The standard InChI is InChI=1S/C14H14O6S2.K/c1-9-4-10(2-3-14(9)22(15,16)17)18-5-11-6-19-12-7-21-8-13(12)20-11;/h2-4,7-8,11H,5-6H2,1H3,(H,15,16,17);/q;+1/p-1. The van der Waals surface area contributed by atoms with Crippen LogP contribution in [0.25, 0.3) is 0 Å². The Morgan fingerprint density at radius 3 is 2.78 bits per heavy atom. The molecule has 3 rings (SSSR count). The van der Waals surface area contributed by atoms with Gasteiger partial charge in [0.15, 0.2) is 17.6 Å². The zero-order valence-corrected chi connectivity index (χ0v) is 17.4. The molecule has 0 radical (unpaired) electrons. The molecule has 1 aromatic carbocycles. The van der Waals surface area contributed by atoms with E-state index in [-0.39, 0.29) is 69.0 Å². The second-order valence-electron chi connectivity index (χ2n) is 4.84. The van der Waals surface area contributed by atoms with Crippen molar-refractivity contribution in [1.82, 2.24) is 0 Å². The fourth-order valence-electron chi connectivity index (χ4n) is 2.12. The Bertz CT molecular complexity index is 786. The molecule has 1 unspecified atom stereocenters. The van der Waals surface area contributed by atoms with Crippen LogP contribution in [0.5, 0.6) is 17.2 Å². The summed E-state index contributed by atoms with van der Waals surface area (Å²) in [4.78, 5) is -0.236. The number of hydrogen-bond acceptors (Lipinski definition) is 7. The summed E-state index contributed by atoms with van der Waals surface area (Å²) in [5, 5.41) is 3.73.